The fourth-order valence-electron chi connectivity index (χ4n) is 1.59. The molecule has 9 heteroatoms. The van der Waals surface area contributed by atoms with E-state index in [2.05, 4.69) is 20.5 Å². The summed E-state index contributed by atoms with van der Waals surface area (Å²) in [4.78, 5) is 15.0. The van der Waals surface area contributed by atoms with Gasteiger partial charge in [0.05, 0.1) is 5.69 Å². The molecule has 0 aliphatic rings. The van der Waals surface area contributed by atoms with Gasteiger partial charge >= 0.3 is 5.97 Å². The highest BCUT2D eigenvalue weighted by molar-refractivity contribution is 5.73. The number of carbonyl (C=O) groups is 1. The summed E-state index contributed by atoms with van der Waals surface area (Å²) in [6.07, 6.45) is 1.74. The monoisotopic (exact) mass is 294 g/mol. The van der Waals surface area contributed by atoms with Gasteiger partial charge in [-0.3, -0.25) is 4.79 Å². The first kappa shape index (κ1) is 15.1. The van der Waals surface area contributed by atoms with Crippen molar-refractivity contribution in [2.75, 3.05) is 0 Å². The molecule has 0 bridgehead atoms. The molecule has 0 aliphatic carbocycles. The zero-order valence-electron chi connectivity index (χ0n) is 12.1. The summed E-state index contributed by atoms with van der Waals surface area (Å²) in [6.45, 7) is 6.23. The van der Waals surface area contributed by atoms with E-state index in [1.54, 1.807) is 6.20 Å². The first-order valence-electron chi connectivity index (χ1n) is 6.46. The van der Waals surface area contributed by atoms with E-state index in [4.69, 9.17) is 15.4 Å². The highest BCUT2D eigenvalue weighted by Crippen LogP contribution is 2.19. The van der Waals surface area contributed by atoms with E-state index in [9.17, 15) is 4.79 Å². The van der Waals surface area contributed by atoms with E-state index in [0.717, 1.165) is 0 Å². The van der Waals surface area contributed by atoms with Crippen LogP contribution in [0.1, 0.15) is 38.2 Å². The van der Waals surface area contributed by atoms with E-state index >= 15 is 0 Å². The molecule has 9 nitrogen and oxygen atoms in total. The average molecular weight is 294 g/mol. The Kier molecular flexibility index (Phi) is 4.03. The highest BCUT2D eigenvalue weighted by Gasteiger charge is 2.22. The lowest BCUT2D eigenvalue weighted by Gasteiger charge is -2.10. The van der Waals surface area contributed by atoms with Gasteiger partial charge in [0.1, 0.15) is 12.6 Å². The smallest absolute Gasteiger partial charge is 0.320 e. The quantitative estimate of drug-likeness (QED) is 0.784. The van der Waals surface area contributed by atoms with Crippen molar-refractivity contribution < 1.29 is 14.4 Å². The van der Waals surface area contributed by atoms with Crippen molar-refractivity contribution in [1.29, 1.82) is 0 Å². The lowest BCUT2D eigenvalue weighted by atomic mass is 9.97. The molecule has 0 aliphatic heterocycles. The van der Waals surface area contributed by atoms with Gasteiger partial charge in [0.15, 0.2) is 5.82 Å². The van der Waals surface area contributed by atoms with Crippen LogP contribution in [-0.2, 0) is 23.2 Å². The predicted octanol–water partition coefficient (Wildman–Crippen LogP) is -0.0387. The number of hydrogen-bond acceptors (Lipinski definition) is 7. The Labute approximate surface area is 121 Å². The molecule has 1 unspecified atom stereocenters. The van der Waals surface area contributed by atoms with Crippen molar-refractivity contribution in [1.82, 2.24) is 25.1 Å². The fraction of sp³-hybridized carbons (Fsp3) is 0.583. The highest BCUT2D eigenvalue weighted by atomic mass is 16.5. The molecule has 0 spiro atoms. The van der Waals surface area contributed by atoms with E-state index < -0.39 is 12.0 Å². The molecule has 0 amide bonds. The molecule has 2 aromatic heterocycles. The van der Waals surface area contributed by atoms with Gasteiger partial charge in [-0.05, 0) is 0 Å². The third kappa shape index (κ3) is 3.85. The lowest BCUT2D eigenvalue weighted by molar-refractivity contribution is -0.138. The summed E-state index contributed by atoms with van der Waals surface area (Å²) in [7, 11) is 0. The van der Waals surface area contributed by atoms with Crippen LogP contribution >= 0.6 is 0 Å². The van der Waals surface area contributed by atoms with Crippen molar-refractivity contribution in [3.63, 3.8) is 0 Å². The van der Waals surface area contributed by atoms with E-state index in [1.165, 1.54) is 4.68 Å². The third-order valence-corrected chi connectivity index (χ3v) is 2.75. The summed E-state index contributed by atoms with van der Waals surface area (Å²) >= 11 is 0. The minimum absolute atomic E-state index is 0.120. The number of aromatic nitrogens is 5. The van der Waals surface area contributed by atoms with Gasteiger partial charge in [0, 0.05) is 18.0 Å². The third-order valence-electron chi connectivity index (χ3n) is 2.75. The van der Waals surface area contributed by atoms with Crippen LogP contribution in [0.5, 0.6) is 0 Å². The second-order valence-electron chi connectivity index (χ2n) is 5.82. The first-order chi connectivity index (χ1) is 9.75. The van der Waals surface area contributed by atoms with Crippen molar-refractivity contribution in [3.05, 3.63) is 23.6 Å². The summed E-state index contributed by atoms with van der Waals surface area (Å²) < 4.78 is 6.70. The van der Waals surface area contributed by atoms with Crippen molar-refractivity contribution in [2.45, 2.75) is 45.2 Å². The molecule has 2 rings (SSSR count). The molecule has 0 radical (unpaired) electrons. The zero-order valence-corrected chi connectivity index (χ0v) is 12.1. The minimum atomic E-state index is -1.07. The summed E-state index contributed by atoms with van der Waals surface area (Å²) in [5.74, 6) is -0.0396. The van der Waals surface area contributed by atoms with Crippen LogP contribution in [0.3, 0.4) is 0 Å². The second-order valence-corrected chi connectivity index (χ2v) is 5.82. The number of hydrogen-bond donors (Lipinski definition) is 2. The molecular weight excluding hydrogens is 276 g/mol. The number of nitrogens with two attached hydrogens (primary N) is 1. The molecule has 0 fully saturated rings. The number of carboxylic acid groups (broad SMARTS) is 1. The Morgan fingerprint density at radius 3 is 2.81 bits per heavy atom. The molecule has 2 heterocycles. The first-order valence-corrected chi connectivity index (χ1v) is 6.46. The molecule has 0 saturated carbocycles. The van der Waals surface area contributed by atoms with Gasteiger partial charge in [-0.15, -0.1) is 5.10 Å². The van der Waals surface area contributed by atoms with Gasteiger partial charge in [-0.1, -0.05) is 31.1 Å². The van der Waals surface area contributed by atoms with E-state index in [1.807, 2.05) is 20.8 Å². The SMILES string of the molecule is CC(C)(C)c1nc(Cn2cc(CC(N)C(=O)O)nn2)no1. The van der Waals surface area contributed by atoms with E-state index in [-0.39, 0.29) is 11.8 Å². The maximum atomic E-state index is 10.7. The van der Waals surface area contributed by atoms with Gasteiger partial charge in [0.2, 0.25) is 5.89 Å². The summed E-state index contributed by atoms with van der Waals surface area (Å²) in [5.41, 5.74) is 5.73. The summed E-state index contributed by atoms with van der Waals surface area (Å²) in [6, 6.07) is -0.993. The largest absolute Gasteiger partial charge is 0.480 e. The van der Waals surface area contributed by atoms with Crippen LogP contribution in [0.15, 0.2) is 10.7 Å². The molecule has 3 N–H and O–H groups in total. The van der Waals surface area contributed by atoms with Crippen LogP contribution in [-0.4, -0.2) is 42.3 Å². The normalized spacial score (nSPS) is 13.3. The van der Waals surface area contributed by atoms with Crippen LogP contribution in [0.25, 0.3) is 0 Å². The van der Waals surface area contributed by atoms with Gasteiger partial charge in [-0.2, -0.15) is 4.98 Å². The molecular formula is C12H18N6O3. The molecule has 21 heavy (non-hydrogen) atoms. The predicted molar refractivity (Wildman–Crippen MR) is 71.4 cm³/mol. The maximum Gasteiger partial charge on any atom is 0.320 e. The molecule has 2 aromatic rings. The Balaban J connectivity index is 2.02. The van der Waals surface area contributed by atoms with Crippen LogP contribution in [0.4, 0.5) is 0 Å². The Hall–Kier alpha value is -2.29. The van der Waals surface area contributed by atoms with Crippen molar-refractivity contribution >= 4 is 5.97 Å². The second kappa shape index (κ2) is 5.60. The average Bonchev–Trinajstić information content (AvgIpc) is 2.98. The molecule has 0 saturated heterocycles. The standard InChI is InChI=1S/C12H18N6O3/c1-12(2,3)11-14-9(16-21-11)6-18-5-7(15-17-18)4-8(13)10(19)20/h5,8H,4,6,13H2,1-3H3,(H,19,20). The van der Waals surface area contributed by atoms with Crippen LogP contribution in [0, 0.1) is 0 Å². The zero-order chi connectivity index (χ0) is 15.6. The summed E-state index contributed by atoms with van der Waals surface area (Å²) in [5, 5.41) is 20.4. The topological polar surface area (TPSA) is 133 Å². The number of aliphatic carboxylic acids is 1. The Bertz CT molecular complexity index is 627. The van der Waals surface area contributed by atoms with Gasteiger partial charge < -0.3 is 15.4 Å². The number of rotatable bonds is 5. The fourth-order valence-corrected chi connectivity index (χ4v) is 1.59. The minimum Gasteiger partial charge on any atom is -0.480 e. The molecule has 0 aromatic carbocycles. The molecule has 1 atom stereocenters. The lowest BCUT2D eigenvalue weighted by Crippen LogP contribution is -2.32. The van der Waals surface area contributed by atoms with Crippen molar-refractivity contribution in [3.8, 4) is 0 Å². The number of nitrogens with zero attached hydrogens (tertiary/aromatic N) is 5. The van der Waals surface area contributed by atoms with Crippen LogP contribution < -0.4 is 5.73 Å². The van der Waals surface area contributed by atoms with Gasteiger partial charge in [0.25, 0.3) is 0 Å². The maximum absolute atomic E-state index is 10.7. The van der Waals surface area contributed by atoms with Gasteiger partial charge in [-0.25, -0.2) is 4.68 Å². The van der Waals surface area contributed by atoms with E-state index in [0.29, 0.717) is 24.0 Å². The Morgan fingerprint density at radius 1 is 1.52 bits per heavy atom. The van der Waals surface area contributed by atoms with Crippen LogP contribution in [0.2, 0.25) is 0 Å². The molecule has 114 valence electrons. The van der Waals surface area contributed by atoms with Crippen molar-refractivity contribution in [2.24, 2.45) is 5.73 Å². The Morgan fingerprint density at radius 2 is 2.24 bits per heavy atom. The number of carboxylic acids is 1.